The number of allylic oxidation sites excluding steroid dienone is 1. The molecule has 6 nitrogen and oxygen atoms in total. The number of fused-ring (bicyclic) bond motifs is 5. The molecule has 0 unspecified atom stereocenters. The summed E-state index contributed by atoms with van der Waals surface area (Å²) in [5, 5.41) is 9.11. The Balaban J connectivity index is 0.00000289. The second-order valence-electron chi connectivity index (χ2n) is 11.3. The van der Waals surface area contributed by atoms with Crippen LogP contribution in [0.3, 0.4) is 0 Å². The van der Waals surface area contributed by atoms with E-state index in [1.54, 1.807) is 0 Å². The number of aliphatic carboxylic acids is 1. The van der Waals surface area contributed by atoms with Crippen molar-refractivity contribution in [3.63, 3.8) is 0 Å². The minimum atomic E-state index is -4.41. The molecule has 0 aromatic carbocycles. The monoisotopic (exact) mass is 477 g/mol. The Hall–Kier alpha value is 0.0800. The van der Waals surface area contributed by atoms with Crippen molar-refractivity contribution in [2.45, 2.75) is 91.1 Å². The Bertz CT molecular complexity index is 857. The molecule has 8 heteroatoms. The average Bonchev–Trinajstić information content (AvgIpc) is 3.02. The predicted molar refractivity (Wildman–Crippen MR) is 123 cm³/mol. The zero-order valence-electron chi connectivity index (χ0n) is 20.0. The number of rotatable bonds is 6. The maximum Gasteiger partial charge on any atom is 0.397 e. The molecule has 32 heavy (non-hydrogen) atoms. The summed E-state index contributed by atoms with van der Waals surface area (Å²) in [5.74, 6) is 2.32. The fraction of sp³-hybridized carbons (Fsp3) is 0.875. The Morgan fingerprint density at radius 3 is 2.56 bits per heavy atom. The van der Waals surface area contributed by atoms with Crippen molar-refractivity contribution in [3.05, 3.63) is 11.6 Å². The number of hydrogen-bond acceptors (Lipinski definition) is 4. The Kier molecular flexibility index (Phi) is 8.02. The topological polar surface area (TPSA) is 101 Å². The van der Waals surface area contributed by atoms with Gasteiger partial charge in [0.15, 0.2) is 0 Å². The first-order valence-corrected chi connectivity index (χ1v) is 13.4. The van der Waals surface area contributed by atoms with E-state index in [1.165, 1.54) is 31.3 Å². The van der Waals surface area contributed by atoms with Gasteiger partial charge in [0.1, 0.15) is 0 Å². The van der Waals surface area contributed by atoms with E-state index in [2.05, 4.69) is 26.8 Å². The van der Waals surface area contributed by atoms with E-state index in [1.807, 2.05) is 0 Å². The van der Waals surface area contributed by atoms with Crippen molar-refractivity contribution in [2.75, 3.05) is 0 Å². The summed E-state index contributed by atoms with van der Waals surface area (Å²) in [4.78, 5) is 11.1. The summed E-state index contributed by atoms with van der Waals surface area (Å²) in [6, 6.07) is 0. The van der Waals surface area contributed by atoms with Gasteiger partial charge in [0, 0.05) is 36.0 Å². The van der Waals surface area contributed by atoms with Crippen LogP contribution in [0.25, 0.3) is 0 Å². The molecule has 4 aliphatic carbocycles. The summed E-state index contributed by atoms with van der Waals surface area (Å²) < 4.78 is 36.4. The first kappa shape index (κ1) is 26.7. The largest absolute Gasteiger partial charge is 0.481 e. The average molecular weight is 478 g/mol. The number of carboxylic acids is 1. The van der Waals surface area contributed by atoms with Gasteiger partial charge in [-0.05, 0) is 98.2 Å². The van der Waals surface area contributed by atoms with Gasteiger partial charge in [-0.15, -0.1) is 0 Å². The van der Waals surface area contributed by atoms with Crippen LogP contribution in [0.2, 0.25) is 0 Å². The summed E-state index contributed by atoms with van der Waals surface area (Å²) in [7, 11) is -4.41. The molecule has 0 bridgehead atoms. The molecular formula is C24H38NaO6S. The molecular weight excluding hydrogens is 439 g/mol. The Labute approximate surface area is 215 Å². The fourth-order valence-corrected chi connectivity index (χ4v) is 8.92. The van der Waals surface area contributed by atoms with Gasteiger partial charge in [0.2, 0.25) is 0 Å². The van der Waals surface area contributed by atoms with E-state index < -0.39 is 22.5 Å². The van der Waals surface area contributed by atoms with Gasteiger partial charge in [0.05, 0.1) is 6.10 Å². The molecule has 0 saturated heterocycles. The molecule has 3 saturated carbocycles. The van der Waals surface area contributed by atoms with Gasteiger partial charge in [-0.3, -0.25) is 9.35 Å². The minimum Gasteiger partial charge on any atom is -0.481 e. The summed E-state index contributed by atoms with van der Waals surface area (Å²) in [6.07, 6.45) is 11.0. The number of carboxylic acid groups (broad SMARTS) is 1. The predicted octanol–water partition coefficient (Wildman–Crippen LogP) is 4.87. The SMILES string of the molecule is C[C@H](CCC(=O)O)[C@H]1CC[C@H]2[C@@H]3CC=C4C[C@@H](OS(=O)(=O)O)CC[C@]4(C)[C@H]3CC[C@]12C.[Na]. The molecule has 0 amide bonds. The van der Waals surface area contributed by atoms with Crippen LogP contribution in [-0.4, -0.2) is 59.7 Å². The van der Waals surface area contributed by atoms with Crippen LogP contribution in [0.1, 0.15) is 85.0 Å². The van der Waals surface area contributed by atoms with Crippen LogP contribution in [0.4, 0.5) is 0 Å². The molecule has 1 radical (unpaired) electrons. The van der Waals surface area contributed by atoms with Crippen molar-refractivity contribution in [1.29, 1.82) is 0 Å². The van der Waals surface area contributed by atoms with E-state index in [0.29, 0.717) is 47.8 Å². The molecule has 4 aliphatic rings. The molecule has 2 N–H and O–H groups in total. The van der Waals surface area contributed by atoms with Crippen LogP contribution in [0.5, 0.6) is 0 Å². The first-order valence-electron chi connectivity index (χ1n) is 12.0. The number of carbonyl (C=O) groups is 1. The van der Waals surface area contributed by atoms with Crippen LogP contribution in [-0.2, 0) is 19.4 Å². The second-order valence-corrected chi connectivity index (χ2v) is 12.3. The van der Waals surface area contributed by atoms with E-state index >= 15 is 0 Å². The van der Waals surface area contributed by atoms with Gasteiger partial charge < -0.3 is 5.11 Å². The third-order valence-corrected chi connectivity index (χ3v) is 10.4. The van der Waals surface area contributed by atoms with Crippen LogP contribution >= 0.6 is 0 Å². The molecule has 4 rings (SSSR count). The summed E-state index contributed by atoms with van der Waals surface area (Å²) >= 11 is 0. The van der Waals surface area contributed by atoms with Crippen LogP contribution in [0, 0.1) is 40.4 Å². The van der Waals surface area contributed by atoms with Gasteiger partial charge in [-0.25, -0.2) is 4.18 Å². The molecule has 0 aromatic heterocycles. The first-order chi connectivity index (χ1) is 14.4. The van der Waals surface area contributed by atoms with Crippen molar-refractivity contribution in [3.8, 4) is 0 Å². The summed E-state index contributed by atoms with van der Waals surface area (Å²) in [5.41, 5.74) is 1.71. The third kappa shape index (κ3) is 4.90. The second kappa shape index (κ2) is 9.62. The van der Waals surface area contributed by atoms with Gasteiger partial charge >= 0.3 is 16.4 Å². The normalized spacial score (nSPS) is 42.0. The summed E-state index contributed by atoms with van der Waals surface area (Å²) in [6.45, 7) is 7.09. The third-order valence-electron chi connectivity index (χ3n) is 9.89. The molecule has 8 atom stereocenters. The van der Waals surface area contributed by atoms with Crippen molar-refractivity contribution >= 4 is 45.9 Å². The van der Waals surface area contributed by atoms with Gasteiger partial charge in [-0.1, -0.05) is 32.4 Å². The Morgan fingerprint density at radius 1 is 1.19 bits per heavy atom. The van der Waals surface area contributed by atoms with Crippen LogP contribution < -0.4 is 0 Å². The standard InChI is InChI=1S/C24H38O6S.Na/c1-15(4-9-22(25)26)19-7-8-20-18-6-5-16-14-17(30-31(27,28)29)10-12-23(16,2)21(18)11-13-24(19,20)3;/h5,15,17-21H,4,6-14H2,1-3H3,(H,25,26)(H,27,28,29);/t15-,17+,18+,19-,20+,21+,23+,24-;/m1./s1. The molecule has 0 heterocycles. The molecule has 0 aliphatic heterocycles. The fourth-order valence-electron chi connectivity index (χ4n) is 8.41. The molecule has 0 aromatic rings. The minimum absolute atomic E-state index is 0. The smallest absolute Gasteiger partial charge is 0.397 e. The Morgan fingerprint density at radius 2 is 1.91 bits per heavy atom. The maximum absolute atomic E-state index is 11.2. The van der Waals surface area contributed by atoms with Gasteiger partial charge in [0.25, 0.3) is 0 Å². The van der Waals surface area contributed by atoms with E-state index in [4.69, 9.17) is 13.8 Å². The van der Waals surface area contributed by atoms with Crippen molar-refractivity contribution in [2.24, 2.45) is 40.4 Å². The number of hydrogen-bond donors (Lipinski definition) is 2. The van der Waals surface area contributed by atoms with E-state index in [-0.39, 0.29) is 41.4 Å². The maximum atomic E-state index is 11.2. The molecule has 3 fully saturated rings. The van der Waals surface area contributed by atoms with Gasteiger partial charge in [-0.2, -0.15) is 8.42 Å². The van der Waals surface area contributed by atoms with E-state index in [0.717, 1.165) is 19.3 Å². The molecule has 177 valence electrons. The molecule has 0 spiro atoms. The quantitative estimate of drug-likeness (QED) is 0.321. The van der Waals surface area contributed by atoms with Crippen LogP contribution in [0.15, 0.2) is 11.6 Å². The van der Waals surface area contributed by atoms with Crippen molar-refractivity contribution < 1.29 is 27.1 Å². The zero-order chi connectivity index (χ0) is 22.6. The zero-order valence-corrected chi connectivity index (χ0v) is 22.9. The van der Waals surface area contributed by atoms with E-state index in [9.17, 15) is 13.2 Å². The van der Waals surface area contributed by atoms with Crippen molar-refractivity contribution in [1.82, 2.24) is 0 Å².